The first-order chi connectivity index (χ1) is 36.1. The number of nitrogens with one attached hydrogen (secondary N) is 1. The van der Waals surface area contributed by atoms with E-state index >= 15 is 0 Å². The Hall–Kier alpha value is -1.27. The SMILES string of the molecule is CCCCCCCCCCCCCCCCC/C=C/[C@@H](O)[C@H](CO[C@@H]1O[C@H](CO)[C@@H](O[C@@H]2O[C@H](CO)[C@H](O)C(O)C2O)C(O)C1O)NC(=O)CCCCCCCCCCCCCCCCCCCCCCCCC. The van der Waals surface area contributed by atoms with Gasteiger partial charge in [-0.2, -0.15) is 0 Å². The molecule has 74 heavy (non-hydrogen) atoms. The fourth-order valence-corrected chi connectivity index (χ4v) is 10.5. The van der Waals surface area contributed by atoms with Crippen LogP contribution in [0.1, 0.15) is 271 Å². The van der Waals surface area contributed by atoms with Gasteiger partial charge < -0.3 is 65.1 Å². The largest absolute Gasteiger partial charge is 0.394 e. The fourth-order valence-electron chi connectivity index (χ4n) is 10.5. The van der Waals surface area contributed by atoms with E-state index in [9.17, 15) is 45.6 Å². The van der Waals surface area contributed by atoms with Crippen molar-refractivity contribution < 1.29 is 64.6 Å². The number of allylic oxidation sites excluding steroid dienone is 1. The van der Waals surface area contributed by atoms with Crippen LogP contribution in [0.25, 0.3) is 0 Å². The average Bonchev–Trinajstić information content (AvgIpc) is 3.40. The lowest BCUT2D eigenvalue weighted by atomic mass is 9.97. The summed E-state index contributed by atoms with van der Waals surface area (Å²) in [6.45, 7) is 2.84. The van der Waals surface area contributed by atoms with E-state index in [1.54, 1.807) is 6.08 Å². The molecule has 4 unspecified atom stereocenters. The third-order valence-corrected chi connectivity index (χ3v) is 15.5. The summed E-state index contributed by atoms with van der Waals surface area (Å²) in [6.07, 6.45) is 36.8. The van der Waals surface area contributed by atoms with Gasteiger partial charge >= 0.3 is 0 Å². The molecule has 438 valence electrons. The van der Waals surface area contributed by atoms with Crippen molar-refractivity contribution in [1.82, 2.24) is 5.32 Å². The Bertz CT molecular complexity index is 1290. The Labute approximate surface area is 450 Å². The van der Waals surface area contributed by atoms with Gasteiger partial charge in [-0.15, -0.1) is 0 Å². The molecule has 0 bridgehead atoms. The number of hydrogen-bond donors (Lipinski definition) is 9. The van der Waals surface area contributed by atoms with Gasteiger partial charge in [0.2, 0.25) is 5.91 Å². The number of carbonyl (C=O) groups is 1. The molecule has 0 aromatic carbocycles. The molecule has 0 spiro atoms. The van der Waals surface area contributed by atoms with Crippen LogP contribution >= 0.6 is 0 Å². The van der Waals surface area contributed by atoms with E-state index < -0.39 is 86.8 Å². The van der Waals surface area contributed by atoms with E-state index in [4.69, 9.17) is 18.9 Å². The smallest absolute Gasteiger partial charge is 0.220 e. The molecule has 2 fully saturated rings. The minimum absolute atomic E-state index is 0.233. The molecule has 12 atom stereocenters. The minimum atomic E-state index is -1.79. The van der Waals surface area contributed by atoms with Crippen LogP contribution in [0.4, 0.5) is 0 Å². The van der Waals surface area contributed by atoms with E-state index in [1.165, 1.54) is 205 Å². The first-order valence-electron chi connectivity index (χ1n) is 30.9. The lowest BCUT2D eigenvalue weighted by Crippen LogP contribution is -2.65. The van der Waals surface area contributed by atoms with Gasteiger partial charge in [0.1, 0.15) is 48.8 Å². The molecule has 0 radical (unpaired) electrons. The van der Waals surface area contributed by atoms with E-state index in [0.29, 0.717) is 6.42 Å². The standard InChI is InChI=1S/C60H115NO13/c1-3-5-7-9-11-13-15-17-19-21-22-23-24-25-26-28-30-32-34-36-38-40-42-44-52(65)61-48(49(64)43-41-39-37-35-33-31-29-27-20-18-16-14-12-10-8-6-4-2)47-71-59-57(70)55(68)58(51(46-63)73-59)74-60-56(69)54(67)53(66)50(45-62)72-60/h41,43,48-51,53-60,62-64,66-70H,3-40,42,44-47H2,1-2H3,(H,61,65)/b43-41+/t48-,49+,50+,51+,53-,54?,55?,56?,57?,58+,59+,60-/m0/s1. The van der Waals surface area contributed by atoms with Crippen molar-refractivity contribution in [2.45, 2.75) is 344 Å². The van der Waals surface area contributed by atoms with Gasteiger partial charge in [-0.25, -0.2) is 0 Å². The monoisotopic (exact) mass is 1060 g/mol. The molecule has 14 nitrogen and oxygen atoms in total. The highest BCUT2D eigenvalue weighted by Crippen LogP contribution is 2.30. The van der Waals surface area contributed by atoms with Crippen molar-refractivity contribution >= 4 is 5.91 Å². The molecular weight excluding hydrogens is 943 g/mol. The summed E-state index contributed by atoms with van der Waals surface area (Å²) in [5, 5.41) is 87.1. The normalized spacial score (nSPS) is 25.2. The van der Waals surface area contributed by atoms with Crippen LogP contribution in [0, 0.1) is 0 Å². The van der Waals surface area contributed by atoms with Gasteiger partial charge in [0.05, 0.1) is 32.0 Å². The fraction of sp³-hybridized carbons (Fsp3) is 0.950. The molecule has 2 heterocycles. The number of amides is 1. The summed E-state index contributed by atoms with van der Waals surface area (Å²) in [6, 6.07) is -0.909. The van der Waals surface area contributed by atoms with E-state index in [1.807, 2.05) is 6.08 Å². The molecule has 0 aromatic rings. The maximum Gasteiger partial charge on any atom is 0.220 e. The van der Waals surface area contributed by atoms with E-state index in [-0.39, 0.29) is 18.9 Å². The number of carbonyl (C=O) groups excluding carboxylic acids is 1. The maximum atomic E-state index is 13.3. The number of unbranched alkanes of at least 4 members (excludes halogenated alkanes) is 37. The van der Waals surface area contributed by atoms with Gasteiger partial charge in [0, 0.05) is 6.42 Å². The van der Waals surface area contributed by atoms with E-state index in [2.05, 4.69) is 19.2 Å². The molecule has 14 heteroatoms. The van der Waals surface area contributed by atoms with Crippen molar-refractivity contribution in [2.75, 3.05) is 19.8 Å². The molecule has 1 amide bonds. The first-order valence-corrected chi connectivity index (χ1v) is 30.9. The van der Waals surface area contributed by atoms with Crippen LogP contribution in [-0.2, 0) is 23.7 Å². The molecule has 0 aliphatic carbocycles. The molecule has 2 rings (SSSR count). The first kappa shape index (κ1) is 68.8. The van der Waals surface area contributed by atoms with E-state index in [0.717, 1.165) is 38.5 Å². The Morgan fingerprint density at radius 2 is 0.838 bits per heavy atom. The molecule has 2 aliphatic rings. The average molecular weight is 1060 g/mol. The third kappa shape index (κ3) is 32.0. The zero-order valence-electron chi connectivity index (χ0n) is 47.1. The Morgan fingerprint density at radius 1 is 0.473 bits per heavy atom. The second-order valence-electron chi connectivity index (χ2n) is 22.2. The Kier molecular flexibility index (Phi) is 43.4. The predicted octanol–water partition coefficient (Wildman–Crippen LogP) is 10.7. The highest BCUT2D eigenvalue weighted by Gasteiger charge is 2.51. The Balaban J connectivity index is 1.74. The van der Waals surface area contributed by atoms with Crippen LogP contribution in [0.2, 0.25) is 0 Å². The summed E-state index contributed by atoms with van der Waals surface area (Å²) >= 11 is 0. The molecule has 0 aromatic heterocycles. The summed E-state index contributed by atoms with van der Waals surface area (Å²) in [7, 11) is 0. The summed E-state index contributed by atoms with van der Waals surface area (Å²) in [5.74, 6) is -0.233. The highest BCUT2D eigenvalue weighted by atomic mass is 16.7. The van der Waals surface area contributed by atoms with Crippen LogP contribution in [0.3, 0.4) is 0 Å². The number of aliphatic hydroxyl groups excluding tert-OH is 8. The summed E-state index contributed by atoms with van der Waals surface area (Å²) in [5.41, 5.74) is 0. The summed E-state index contributed by atoms with van der Waals surface area (Å²) < 4.78 is 22.8. The maximum absolute atomic E-state index is 13.3. The number of aliphatic hydroxyl groups is 8. The van der Waals surface area contributed by atoms with Crippen molar-refractivity contribution in [3.63, 3.8) is 0 Å². The van der Waals surface area contributed by atoms with Gasteiger partial charge in [-0.3, -0.25) is 4.79 Å². The quantitative estimate of drug-likeness (QED) is 0.0204. The number of hydrogen-bond acceptors (Lipinski definition) is 13. The number of rotatable bonds is 50. The van der Waals surface area contributed by atoms with Crippen LogP contribution in [0.15, 0.2) is 12.2 Å². The second kappa shape index (κ2) is 46.6. The van der Waals surface area contributed by atoms with Gasteiger partial charge in [-0.05, 0) is 19.3 Å². The minimum Gasteiger partial charge on any atom is -0.394 e. The van der Waals surface area contributed by atoms with Crippen molar-refractivity contribution in [3.8, 4) is 0 Å². The van der Waals surface area contributed by atoms with Crippen LogP contribution in [-0.4, -0.2) is 140 Å². The third-order valence-electron chi connectivity index (χ3n) is 15.5. The van der Waals surface area contributed by atoms with Crippen molar-refractivity contribution in [2.24, 2.45) is 0 Å². The second-order valence-corrected chi connectivity index (χ2v) is 22.2. The lowest BCUT2D eigenvalue weighted by Gasteiger charge is -2.46. The molecular formula is C60H115NO13. The Morgan fingerprint density at radius 3 is 1.24 bits per heavy atom. The highest BCUT2D eigenvalue weighted by molar-refractivity contribution is 5.76. The van der Waals surface area contributed by atoms with Crippen molar-refractivity contribution in [1.29, 1.82) is 0 Å². The predicted molar refractivity (Wildman–Crippen MR) is 295 cm³/mol. The molecule has 2 aliphatic heterocycles. The number of ether oxygens (including phenoxy) is 4. The zero-order valence-corrected chi connectivity index (χ0v) is 47.1. The zero-order chi connectivity index (χ0) is 53.9. The van der Waals surface area contributed by atoms with Crippen molar-refractivity contribution in [3.05, 3.63) is 12.2 Å². The van der Waals surface area contributed by atoms with Gasteiger partial charge in [0.15, 0.2) is 12.6 Å². The molecule has 2 saturated heterocycles. The molecule has 0 saturated carbocycles. The molecule has 9 N–H and O–H groups in total. The lowest BCUT2D eigenvalue weighted by molar-refractivity contribution is -0.359. The van der Waals surface area contributed by atoms with Gasteiger partial charge in [0.25, 0.3) is 0 Å². The topological polar surface area (TPSA) is 228 Å². The summed E-state index contributed by atoms with van der Waals surface area (Å²) in [4.78, 5) is 13.3. The van der Waals surface area contributed by atoms with Gasteiger partial charge in [-0.1, -0.05) is 257 Å². The van der Waals surface area contributed by atoms with Crippen LogP contribution < -0.4 is 5.32 Å². The van der Waals surface area contributed by atoms with Crippen LogP contribution in [0.5, 0.6) is 0 Å².